The molecule has 0 radical (unpaired) electrons. The fourth-order valence-corrected chi connectivity index (χ4v) is 1.84. The van der Waals surface area contributed by atoms with Crippen molar-refractivity contribution in [3.63, 3.8) is 0 Å². The molecule has 1 heterocycles. The summed E-state index contributed by atoms with van der Waals surface area (Å²) in [6.07, 6.45) is 2.00. The van der Waals surface area contributed by atoms with Crippen LogP contribution >= 0.6 is 0 Å². The molecule has 0 aromatic carbocycles. The molecule has 0 aliphatic carbocycles. The Morgan fingerprint density at radius 2 is 1.89 bits per heavy atom. The third-order valence-corrected chi connectivity index (χ3v) is 2.96. The van der Waals surface area contributed by atoms with E-state index < -0.39 is 0 Å². The number of nitrogens with zero attached hydrogens (tertiary/aromatic N) is 3. The first kappa shape index (κ1) is 14.9. The van der Waals surface area contributed by atoms with Crippen molar-refractivity contribution < 1.29 is 5.11 Å². The van der Waals surface area contributed by atoms with E-state index in [4.69, 9.17) is 0 Å². The minimum absolute atomic E-state index is 0.0774. The van der Waals surface area contributed by atoms with Crippen LogP contribution < -0.4 is 4.90 Å². The van der Waals surface area contributed by atoms with Crippen molar-refractivity contribution in [3.05, 3.63) is 23.4 Å². The largest absolute Gasteiger partial charge is 0.392 e. The molecule has 0 atom stereocenters. The van der Waals surface area contributed by atoms with Gasteiger partial charge in [0.1, 0.15) is 5.82 Å². The molecule has 1 aromatic heterocycles. The Morgan fingerprint density at radius 1 is 1.17 bits per heavy atom. The zero-order chi connectivity index (χ0) is 13.5. The number of aliphatic hydroxyl groups excluding tert-OH is 1. The van der Waals surface area contributed by atoms with E-state index in [2.05, 4.69) is 42.9 Å². The highest BCUT2D eigenvalue weighted by molar-refractivity contribution is 5.41. The number of anilines is 1. The highest BCUT2D eigenvalue weighted by atomic mass is 16.3. The highest BCUT2D eigenvalue weighted by Crippen LogP contribution is 2.15. The third-order valence-electron chi connectivity index (χ3n) is 2.96. The zero-order valence-corrected chi connectivity index (χ0v) is 12.0. The monoisotopic (exact) mass is 251 g/mol. The molecule has 18 heavy (non-hydrogen) atoms. The molecule has 0 spiro atoms. The summed E-state index contributed by atoms with van der Waals surface area (Å²) in [4.78, 5) is 8.94. The quantitative estimate of drug-likeness (QED) is 0.797. The first-order valence-corrected chi connectivity index (χ1v) is 6.53. The van der Waals surface area contributed by atoms with E-state index in [1.807, 2.05) is 12.1 Å². The Labute approximate surface area is 110 Å². The highest BCUT2D eigenvalue weighted by Gasteiger charge is 2.06. The minimum atomic E-state index is 0.0774. The van der Waals surface area contributed by atoms with Gasteiger partial charge in [0.2, 0.25) is 0 Å². The molecule has 4 nitrogen and oxygen atoms in total. The van der Waals surface area contributed by atoms with Crippen LogP contribution in [0.5, 0.6) is 0 Å². The first-order chi connectivity index (χ1) is 8.56. The van der Waals surface area contributed by atoms with Crippen molar-refractivity contribution >= 4 is 5.82 Å². The molecule has 1 aromatic rings. The van der Waals surface area contributed by atoms with E-state index in [0.29, 0.717) is 0 Å². The maximum absolute atomic E-state index is 9.26. The normalized spacial score (nSPS) is 11.0. The van der Waals surface area contributed by atoms with Gasteiger partial charge in [0.25, 0.3) is 0 Å². The lowest BCUT2D eigenvalue weighted by Gasteiger charge is -2.20. The first-order valence-electron chi connectivity index (χ1n) is 6.53. The second-order valence-electron chi connectivity index (χ2n) is 4.91. The van der Waals surface area contributed by atoms with Gasteiger partial charge in [0.05, 0.1) is 6.61 Å². The van der Waals surface area contributed by atoms with Crippen LogP contribution in [-0.4, -0.2) is 49.2 Å². The maximum atomic E-state index is 9.26. The Hall–Kier alpha value is -1.13. The molecule has 0 aliphatic rings. The summed E-state index contributed by atoms with van der Waals surface area (Å²) in [6.45, 7) is 4.21. The van der Waals surface area contributed by atoms with Crippen LogP contribution in [0.1, 0.15) is 24.6 Å². The van der Waals surface area contributed by atoms with Crippen LogP contribution in [0.4, 0.5) is 5.82 Å². The molecule has 1 rings (SSSR count). The van der Waals surface area contributed by atoms with E-state index in [1.165, 1.54) is 0 Å². The maximum Gasteiger partial charge on any atom is 0.128 e. The molecule has 4 heteroatoms. The van der Waals surface area contributed by atoms with Crippen LogP contribution in [0.25, 0.3) is 0 Å². The number of aliphatic hydroxyl groups is 1. The summed E-state index contributed by atoms with van der Waals surface area (Å²) in [5.41, 5.74) is 1.98. The van der Waals surface area contributed by atoms with Gasteiger partial charge in [-0.15, -0.1) is 0 Å². The summed E-state index contributed by atoms with van der Waals surface area (Å²) in [6, 6.07) is 3.94. The summed E-state index contributed by atoms with van der Waals surface area (Å²) < 4.78 is 0. The summed E-state index contributed by atoms with van der Waals surface area (Å²) in [7, 11) is 6.22. The van der Waals surface area contributed by atoms with Crippen molar-refractivity contribution in [2.24, 2.45) is 0 Å². The van der Waals surface area contributed by atoms with Gasteiger partial charge in [-0.2, -0.15) is 0 Å². The number of aromatic nitrogens is 1. The van der Waals surface area contributed by atoms with E-state index in [-0.39, 0.29) is 6.61 Å². The molecule has 0 saturated carbocycles. The summed E-state index contributed by atoms with van der Waals surface area (Å²) in [5, 5.41) is 9.26. The predicted molar refractivity (Wildman–Crippen MR) is 76.0 cm³/mol. The van der Waals surface area contributed by atoms with Crippen LogP contribution in [-0.2, 0) is 13.0 Å². The van der Waals surface area contributed by atoms with Crippen LogP contribution in [0.2, 0.25) is 0 Å². The Morgan fingerprint density at radius 3 is 2.44 bits per heavy atom. The fourth-order valence-electron chi connectivity index (χ4n) is 1.84. The molecular weight excluding hydrogens is 226 g/mol. The topological polar surface area (TPSA) is 39.6 Å². The number of hydrogen-bond donors (Lipinski definition) is 1. The number of rotatable bonds is 7. The lowest BCUT2D eigenvalue weighted by molar-refractivity contribution is 0.281. The second-order valence-corrected chi connectivity index (χ2v) is 4.91. The Kier molecular flexibility index (Phi) is 6.09. The SMILES string of the molecule is CCc1cc(CO)cc(N(C)CCCN(C)C)n1. The molecule has 1 N–H and O–H groups in total. The molecule has 0 bridgehead atoms. The van der Waals surface area contributed by atoms with Gasteiger partial charge >= 0.3 is 0 Å². The van der Waals surface area contributed by atoms with Crippen LogP contribution in [0.3, 0.4) is 0 Å². The smallest absolute Gasteiger partial charge is 0.128 e. The number of pyridine rings is 1. The van der Waals surface area contributed by atoms with Crippen molar-refractivity contribution in [2.75, 3.05) is 39.1 Å². The van der Waals surface area contributed by atoms with Crippen molar-refractivity contribution in [3.8, 4) is 0 Å². The van der Waals surface area contributed by atoms with Crippen molar-refractivity contribution in [1.29, 1.82) is 0 Å². The molecule has 0 amide bonds. The van der Waals surface area contributed by atoms with Crippen molar-refractivity contribution in [2.45, 2.75) is 26.4 Å². The summed E-state index contributed by atoms with van der Waals surface area (Å²) >= 11 is 0. The second kappa shape index (κ2) is 7.34. The van der Waals surface area contributed by atoms with Crippen LogP contribution in [0, 0.1) is 0 Å². The lowest BCUT2D eigenvalue weighted by atomic mass is 10.2. The third kappa shape index (κ3) is 4.63. The van der Waals surface area contributed by atoms with Crippen LogP contribution in [0.15, 0.2) is 12.1 Å². The number of aryl methyl sites for hydroxylation is 1. The van der Waals surface area contributed by atoms with Gasteiger partial charge in [-0.25, -0.2) is 4.98 Å². The number of hydrogen-bond acceptors (Lipinski definition) is 4. The van der Waals surface area contributed by atoms with E-state index >= 15 is 0 Å². The lowest BCUT2D eigenvalue weighted by Crippen LogP contribution is -2.24. The molecule has 102 valence electrons. The average Bonchev–Trinajstić information content (AvgIpc) is 2.37. The molecular formula is C14H25N3O. The van der Waals surface area contributed by atoms with E-state index in [0.717, 1.165) is 43.0 Å². The van der Waals surface area contributed by atoms with E-state index in [9.17, 15) is 5.11 Å². The van der Waals surface area contributed by atoms with Gasteiger partial charge in [0, 0.05) is 19.3 Å². The molecule has 0 aliphatic heterocycles. The van der Waals surface area contributed by atoms with E-state index in [1.54, 1.807) is 0 Å². The van der Waals surface area contributed by atoms with Gasteiger partial charge in [-0.05, 0) is 51.2 Å². The molecule has 0 unspecified atom stereocenters. The van der Waals surface area contributed by atoms with Gasteiger partial charge in [0.15, 0.2) is 0 Å². The minimum Gasteiger partial charge on any atom is -0.392 e. The average molecular weight is 251 g/mol. The Balaban J connectivity index is 2.68. The molecule has 0 saturated heterocycles. The summed E-state index contributed by atoms with van der Waals surface area (Å²) in [5.74, 6) is 0.956. The van der Waals surface area contributed by atoms with Gasteiger partial charge in [-0.3, -0.25) is 0 Å². The zero-order valence-electron chi connectivity index (χ0n) is 12.0. The fraction of sp³-hybridized carbons (Fsp3) is 0.643. The van der Waals surface area contributed by atoms with Gasteiger partial charge < -0.3 is 14.9 Å². The molecule has 0 fully saturated rings. The Bertz CT molecular complexity index is 344. The standard InChI is InChI=1S/C14H25N3O/c1-5-13-9-12(11-18)10-14(15-13)17(4)8-6-7-16(2)3/h9-10,18H,5-8,11H2,1-4H3. The predicted octanol–water partition coefficient (Wildman–Crippen LogP) is 1.52. The van der Waals surface area contributed by atoms with Crippen molar-refractivity contribution in [1.82, 2.24) is 9.88 Å². The van der Waals surface area contributed by atoms with Gasteiger partial charge in [-0.1, -0.05) is 6.92 Å².